The predicted molar refractivity (Wildman–Crippen MR) is 89.2 cm³/mol. The molecule has 0 saturated carbocycles. The number of phenolic OH excluding ortho intramolecular Hbond substituents is 1. The van der Waals surface area contributed by atoms with E-state index < -0.39 is 0 Å². The molecule has 0 atom stereocenters. The van der Waals surface area contributed by atoms with E-state index in [1.54, 1.807) is 12.3 Å². The van der Waals surface area contributed by atoms with E-state index in [1.807, 2.05) is 30.3 Å². The van der Waals surface area contributed by atoms with Gasteiger partial charge >= 0.3 is 0 Å². The first-order valence-electron chi connectivity index (χ1n) is 7.07. The van der Waals surface area contributed by atoms with Crippen LogP contribution in [-0.2, 0) is 0 Å². The van der Waals surface area contributed by atoms with Gasteiger partial charge in [0.1, 0.15) is 23.3 Å². The van der Waals surface area contributed by atoms with Gasteiger partial charge in [-0.25, -0.2) is 0 Å². The molecule has 5 nitrogen and oxygen atoms in total. The number of phenols is 1. The van der Waals surface area contributed by atoms with Crippen LogP contribution in [0.3, 0.4) is 0 Å². The number of hydrogen-bond donors (Lipinski definition) is 2. The van der Waals surface area contributed by atoms with Gasteiger partial charge in [-0.05, 0) is 24.3 Å². The van der Waals surface area contributed by atoms with Crippen molar-refractivity contribution in [1.82, 2.24) is 4.98 Å². The second kappa shape index (κ2) is 5.14. The highest BCUT2D eigenvalue weighted by Crippen LogP contribution is 2.22. The van der Waals surface area contributed by atoms with Crippen molar-refractivity contribution in [3.8, 4) is 5.75 Å². The lowest BCUT2D eigenvalue weighted by Gasteiger charge is -2.07. The molecular formula is C18H12N2O3. The first-order valence-corrected chi connectivity index (χ1v) is 7.07. The molecular weight excluding hydrogens is 292 g/mol. The molecule has 0 aliphatic rings. The number of hydrogen-bond acceptors (Lipinski definition) is 5. The lowest BCUT2D eigenvalue weighted by molar-refractivity contribution is 0.474. The Bertz CT molecular complexity index is 1090. The molecule has 112 valence electrons. The number of rotatable bonds is 2. The van der Waals surface area contributed by atoms with E-state index in [9.17, 15) is 9.90 Å². The maximum absolute atomic E-state index is 12.5. The molecule has 0 bridgehead atoms. The lowest BCUT2D eigenvalue weighted by Crippen LogP contribution is -2.08. The molecule has 0 aliphatic heterocycles. The van der Waals surface area contributed by atoms with Gasteiger partial charge in [0.2, 0.25) is 5.43 Å². The van der Waals surface area contributed by atoms with Gasteiger partial charge in [-0.1, -0.05) is 18.2 Å². The van der Waals surface area contributed by atoms with Gasteiger partial charge in [0.25, 0.3) is 0 Å². The van der Waals surface area contributed by atoms with E-state index in [0.717, 1.165) is 10.9 Å². The number of pyridine rings is 1. The van der Waals surface area contributed by atoms with Crippen LogP contribution in [0.2, 0.25) is 0 Å². The maximum atomic E-state index is 12.5. The van der Waals surface area contributed by atoms with Crippen molar-refractivity contribution in [2.75, 3.05) is 5.32 Å². The van der Waals surface area contributed by atoms with Gasteiger partial charge in [0.05, 0.1) is 22.8 Å². The quantitative estimate of drug-likeness (QED) is 0.589. The van der Waals surface area contributed by atoms with Crippen molar-refractivity contribution < 1.29 is 9.52 Å². The van der Waals surface area contributed by atoms with Gasteiger partial charge in [-0.3, -0.25) is 9.78 Å². The normalized spacial score (nSPS) is 11.0. The largest absolute Gasteiger partial charge is 0.508 e. The zero-order valence-corrected chi connectivity index (χ0v) is 12.0. The summed E-state index contributed by atoms with van der Waals surface area (Å²) < 4.78 is 5.42. The summed E-state index contributed by atoms with van der Waals surface area (Å²) in [7, 11) is 0. The minimum atomic E-state index is -0.195. The average molecular weight is 304 g/mol. The molecule has 4 aromatic rings. The summed E-state index contributed by atoms with van der Waals surface area (Å²) in [5.41, 5.74) is 2.06. The minimum Gasteiger partial charge on any atom is -0.508 e. The second-order valence-corrected chi connectivity index (χ2v) is 5.20. The first kappa shape index (κ1) is 13.3. The number of benzene rings is 2. The summed E-state index contributed by atoms with van der Waals surface area (Å²) in [4.78, 5) is 16.8. The van der Waals surface area contributed by atoms with E-state index in [1.165, 1.54) is 18.4 Å². The van der Waals surface area contributed by atoms with Crippen LogP contribution in [0.25, 0.3) is 21.9 Å². The number of nitrogens with zero attached hydrogens (tertiary/aromatic N) is 1. The molecule has 0 unspecified atom stereocenters. The van der Waals surface area contributed by atoms with Crippen LogP contribution in [-0.4, -0.2) is 10.1 Å². The zero-order valence-electron chi connectivity index (χ0n) is 12.0. The number of aromatic nitrogens is 1. The third kappa shape index (κ3) is 2.38. The van der Waals surface area contributed by atoms with Crippen LogP contribution in [0.4, 0.5) is 11.4 Å². The summed E-state index contributed by atoms with van der Waals surface area (Å²) >= 11 is 0. The van der Waals surface area contributed by atoms with Crippen molar-refractivity contribution in [2.45, 2.75) is 0 Å². The number of para-hydroxylation sites is 1. The highest BCUT2D eigenvalue weighted by molar-refractivity contribution is 5.84. The van der Waals surface area contributed by atoms with E-state index >= 15 is 0 Å². The second-order valence-electron chi connectivity index (χ2n) is 5.20. The fourth-order valence-electron chi connectivity index (χ4n) is 2.50. The van der Waals surface area contributed by atoms with Crippen molar-refractivity contribution in [1.29, 1.82) is 0 Å². The van der Waals surface area contributed by atoms with Crippen LogP contribution in [0.5, 0.6) is 5.75 Å². The lowest BCUT2D eigenvalue weighted by atomic mass is 10.2. The Morgan fingerprint density at radius 1 is 1.09 bits per heavy atom. The van der Waals surface area contributed by atoms with Gasteiger partial charge in [-0.2, -0.15) is 0 Å². The van der Waals surface area contributed by atoms with Gasteiger partial charge < -0.3 is 14.8 Å². The Hall–Kier alpha value is -3.34. The van der Waals surface area contributed by atoms with Crippen LogP contribution < -0.4 is 10.7 Å². The highest BCUT2D eigenvalue weighted by Gasteiger charge is 2.08. The number of anilines is 2. The molecule has 2 N–H and O–H groups in total. The molecule has 4 rings (SSSR count). The Labute approximate surface area is 130 Å². The molecule has 0 fully saturated rings. The minimum absolute atomic E-state index is 0.0556. The average Bonchev–Trinajstić information content (AvgIpc) is 2.57. The molecule has 0 spiro atoms. The van der Waals surface area contributed by atoms with E-state index in [0.29, 0.717) is 22.3 Å². The SMILES string of the molecule is O=c1c(Nc2cnc3ccccc3c2)coc2cc(O)ccc12. The van der Waals surface area contributed by atoms with Gasteiger partial charge in [-0.15, -0.1) is 0 Å². The predicted octanol–water partition coefficient (Wildman–Crippen LogP) is 3.79. The smallest absolute Gasteiger partial charge is 0.216 e. The molecule has 23 heavy (non-hydrogen) atoms. The number of aromatic hydroxyl groups is 1. The Morgan fingerprint density at radius 2 is 1.96 bits per heavy atom. The highest BCUT2D eigenvalue weighted by atomic mass is 16.3. The first-order chi connectivity index (χ1) is 11.2. The number of nitrogens with one attached hydrogen (secondary N) is 1. The van der Waals surface area contributed by atoms with Crippen LogP contribution in [0, 0.1) is 0 Å². The molecule has 2 heterocycles. The van der Waals surface area contributed by atoms with Gasteiger partial charge in [0, 0.05) is 11.5 Å². The topological polar surface area (TPSA) is 75.4 Å². The molecule has 0 radical (unpaired) electrons. The summed E-state index contributed by atoms with van der Waals surface area (Å²) in [6.07, 6.45) is 3.02. The van der Waals surface area contributed by atoms with E-state index in [4.69, 9.17) is 4.42 Å². The van der Waals surface area contributed by atoms with Crippen LogP contribution in [0.1, 0.15) is 0 Å². The fourth-order valence-corrected chi connectivity index (χ4v) is 2.50. The van der Waals surface area contributed by atoms with Crippen LogP contribution in [0.15, 0.2) is 70.2 Å². The third-order valence-corrected chi connectivity index (χ3v) is 3.63. The molecule has 2 aromatic heterocycles. The van der Waals surface area contributed by atoms with Gasteiger partial charge in [0.15, 0.2) is 0 Å². The molecule has 5 heteroatoms. The molecule has 0 saturated heterocycles. The summed E-state index contributed by atoms with van der Waals surface area (Å²) in [5.74, 6) is 0.0556. The Balaban J connectivity index is 1.78. The zero-order chi connectivity index (χ0) is 15.8. The Kier molecular flexibility index (Phi) is 2.98. The van der Waals surface area contributed by atoms with E-state index in [-0.39, 0.29) is 11.2 Å². The standard InChI is InChI=1S/C18H12N2O3/c21-13-5-6-14-17(8-13)23-10-16(18(14)22)20-12-7-11-3-1-2-4-15(11)19-9-12/h1-10,20-21H. The third-order valence-electron chi connectivity index (χ3n) is 3.63. The number of fused-ring (bicyclic) bond motifs is 2. The molecule has 0 aliphatic carbocycles. The Morgan fingerprint density at radius 3 is 2.87 bits per heavy atom. The summed E-state index contributed by atoms with van der Waals surface area (Å²) in [6, 6.07) is 14.1. The monoisotopic (exact) mass is 304 g/mol. The fraction of sp³-hybridized carbons (Fsp3) is 0. The van der Waals surface area contributed by atoms with Crippen molar-refractivity contribution in [3.05, 3.63) is 71.2 Å². The molecule has 2 aromatic carbocycles. The summed E-state index contributed by atoms with van der Waals surface area (Å²) in [6.45, 7) is 0. The van der Waals surface area contributed by atoms with Crippen molar-refractivity contribution >= 4 is 33.2 Å². The molecule has 0 amide bonds. The van der Waals surface area contributed by atoms with E-state index in [2.05, 4.69) is 10.3 Å². The van der Waals surface area contributed by atoms with Crippen molar-refractivity contribution in [2.24, 2.45) is 0 Å². The maximum Gasteiger partial charge on any atom is 0.216 e. The van der Waals surface area contributed by atoms with Crippen LogP contribution >= 0.6 is 0 Å². The van der Waals surface area contributed by atoms with Crippen molar-refractivity contribution in [3.63, 3.8) is 0 Å². The summed E-state index contributed by atoms with van der Waals surface area (Å²) in [5, 5.41) is 13.9.